The molecule has 0 spiro atoms. The van der Waals surface area contributed by atoms with Crippen molar-refractivity contribution in [2.45, 2.75) is 13.3 Å². The van der Waals surface area contributed by atoms with Crippen molar-refractivity contribution < 1.29 is 0 Å². The molecule has 0 saturated heterocycles. The van der Waals surface area contributed by atoms with Gasteiger partial charge in [0.1, 0.15) is 0 Å². The minimum absolute atomic E-state index is 0.655. The van der Waals surface area contributed by atoms with Crippen molar-refractivity contribution >= 4 is 17.3 Å². The number of halogens is 1. The Morgan fingerprint density at radius 2 is 2.18 bits per heavy atom. The summed E-state index contributed by atoms with van der Waals surface area (Å²) in [4.78, 5) is 0. The molecular weight excluding hydrogens is 158 g/mol. The summed E-state index contributed by atoms with van der Waals surface area (Å²) in [6.07, 6.45) is 0.895. The van der Waals surface area contributed by atoms with Gasteiger partial charge >= 0.3 is 0 Å². The molecule has 0 unspecified atom stereocenters. The number of nitrogen functional groups attached to an aromatic ring is 1. The van der Waals surface area contributed by atoms with Gasteiger partial charge in [0.15, 0.2) is 0 Å². The molecule has 0 aliphatic rings. The fourth-order valence-electron chi connectivity index (χ4n) is 0.955. The number of alkyl halides is 1. The second-order valence-corrected chi connectivity index (χ2v) is 3.01. The molecule has 1 rings (SSSR count). The zero-order valence-electron chi connectivity index (χ0n) is 6.60. The van der Waals surface area contributed by atoms with Gasteiger partial charge in [-0.15, -0.1) is 11.6 Å². The lowest BCUT2D eigenvalue weighted by atomic mass is 10.1. The lowest BCUT2D eigenvalue weighted by Crippen LogP contribution is -1.92. The van der Waals surface area contributed by atoms with Crippen LogP contribution in [0.1, 0.15) is 11.1 Å². The highest BCUT2D eigenvalue weighted by molar-refractivity contribution is 6.17. The molecule has 1 aromatic carbocycles. The van der Waals surface area contributed by atoms with E-state index in [4.69, 9.17) is 17.3 Å². The van der Waals surface area contributed by atoms with Gasteiger partial charge < -0.3 is 5.73 Å². The molecule has 0 saturated carbocycles. The second-order valence-electron chi connectivity index (χ2n) is 2.63. The van der Waals surface area contributed by atoms with E-state index in [1.165, 1.54) is 5.56 Å². The summed E-state index contributed by atoms with van der Waals surface area (Å²) < 4.78 is 0. The fourth-order valence-corrected chi connectivity index (χ4v) is 1.17. The van der Waals surface area contributed by atoms with E-state index in [1.807, 2.05) is 19.1 Å². The van der Waals surface area contributed by atoms with Crippen molar-refractivity contribution in [3.63, 3.8) is 0 Å². The molecule has 0 aliphatic heterocycles. The average molecular weight is 170 g/mol. The van der Waals surface area contributed by atoms with Gasteiger partial charge in [-0.1, -0.05) is 12.1 Å². The van der Waals surface area contributed by atoms with E-state index in [9.17, 15) is 0 Å². The number of aryl methyl sites for hydroxylation is 2. The maximum atomic E-state index is 5.71. The number of nitrogens with two attached hydrogens (primary N) is 1. The van der Waals surface area contributed by atoms with Crippen LogP contribution in [0.25, 0.3) is 0 Å². The Labute approximate surface area is 72.2 Å². The van der Waals surface area contributed by atoms with E-state index in [1.54, 1.807) is 0 Å². The van der Waals surface area contributed by atoms with Crippen LogP contribution in [0.5, 0.6) is 0 Å². The van der Waals surface area contributed by atoms with Crippen LogP contribution in [0.3, 0.4) is 0 Å². The topological polar surface area (TPSA) is 26.0 Å². The number of anilines is 1. The van der Waals surface area contributed by atoms with Crippen LogP contribution in [-0.2, 0) is 6.42 Å². The summed E-state index contributed by atoms with van der Waals surface area (Å²) in [5.41, 5.74) is 8.90. The first-order chi connectivity index (χ1) is 5.24. The standard InChI is InChI=1S/C9H12ClN/c1-7-2-3-8(4-5-10)6-9(7)11/h2-3,6H,4-5,11H2,1H3. The van der Waals surface area contributed by atoms with Gasteiger partial charge in [-0.3, -0.25) is 0 Å². The van der Waals surface area contributed by atoms with Gasteiger partial charge in [-0.2, -0.15) is 0 Å². The Kier molecular flexibility index (Phi) is 2.77. The Balaban J connectivity index is 2.86. The van der Waals surface area contributed by atoms with Crippen LogP contribution in [0, 0.1) is 6.92 Å². The van der Waals surface area contributed by atoms with Gasteiger partial charge in [0, 0.05) is 11.6 Å². The van der Waals surface area contributed by atoms with Crippen LogP contribution in [0.2, 0.25) is 0 Å². The summed E-state index contributed by atoms with van der Waals surface area (Å²) >= 11 is 5.59. The molecule has 1 nitrogen and oxygen atoms in total. The molecule has 2 N–H and O–H groups in total. The molecule has 0 bridgehead atoms. The first-order valence-corrected chi connectivity index (χ1v) is 4.18. The van der Waals surface area contributed by atoms with Gasteiger partial charge in [-0.05, 0) is 30.5 Å². The minimum atomic E-state index is 0.655. The van der Waals surface area contributed by atoms with E-state index in [0.717, 1.165) is 17.7 Å². The van der Waals surface area contributed by atoms with E-state index in [-0.39, 0.29) is 0 Å². The summed E-state index contributed by atoms with van der Waals surface area (Å²) in [5.74, 6) is 0.655. The highest BCUT2D eigenvalue weighted by Crippen LogP contribution is 2.13. The fraction of sp³-hybridized carbons (Fsp3) is 0.333. The molecule has 60 valence electrons. The Hall–Kier alpha value is -0.690. The van der Waals surface area contributed by atoms with Gasteiger partial charge in [0.25, 0.3) is 0 Å². The van der Waals surface area contributed by atoms with Crippen molar-refractivity contribution in [2.24, 2.45) is 0 Å². The van der Waals surface area contributed by atoms with E-state index in [0.29, 0.717) is 5.88 Å². The van der Waals surface area contributed by atoms with Crippen molar-refractivity contribution in [2.75, 3.05) is 11.6 Å². The maximum absolute atomic E-state index is 5.71. The Morgan fingerprint density at radius 1 is 1.45 bits per heavy atom. The van der Waals surface area contributed by atoms with Gasteiger partial charge in [0.05, 0.1) is 0 Å². The largest absolute Gasteiger partial charge is 0.399 e. The first-order valence-electron chi connectivity index (χ1n) is 3.65. The summed E-state index contributed by atoms with van der Waals surface area (Å²) in [5, 5.41) is 0. The van der Waals surface area contributed by atoms with Crippen molar-refractivity contribution in [1.29, 1.82) is 0 Å². The molecule has 0 amide bonds. The van der Waals surface area contributed by atoms with Crippen LogP contribution in [0.4, 0.5) is 5.69 Å². The highest BCUT2D eigenvalue weighted by atomic mass is 35.5. The molecule has 2 heteroatoms. The SMILES string of the molecule is Cc1ccc(CCCl)cc1N. The smallest absolute Gasteiger partial charge is 0.0346 e. The van der Waals surface area contributed by atoms with Gasteiger partial charge in [0.2, 0.25) is 0 Å². The van der Waals surface area contributed by atoms with Crippen molar-refractivity contribution in [3.05, 3.63) is 29.3 Å². The third-order valence-electron chi connectivity index (χ3n) is 1.73. The lowest BCUT2D eigenvalue weighted by molar-refractivity contribution is 1.15. The van der Waals surface area contributed by atoms with Crippen LogP contribution in [-0.4, -0.2) is 5.88 Å². The molecule has 0 atom stereocenters. The third kappa shape index (κ3) is 2.12. The number of hydrogen-bond donors (Lipinski definition) is 1. The summed E-state index contributed by atoms with van der Waals surface area (Å²) in [6.45, 7) is 2.00. The van der Waals surface area contributed by atoms with Crippen LogP contribution >= 0.6 is 11.6 Å². The van der Waals surface area contributed by atoms with E-state index in [2.05, 4.69) is 6.07 Å². The molecule has 0 radical (unpaired) electrons. The molecular formula is C9H12ClN. The van der Waals surface area contributed by atoms with Crippen LogP contribution in [0.15, 0.2) is 18.2 Å². The van der Waals surface area contributed by atoms with Crippen LogP contribution < -0.4 is 5.73 Å². The number of hydrogen-bond acceptors (Lipinski definition) is 1. The van der Waals surface area contributed by atoms with Crippen molar-refractivity contribution in [3.8, 4) is 0 Å². The molecule has 0 aromatic heterocycles. The third-order valence-corrected chi connectivity index (χ3v) is 1.92. The number of rotatable bonds is 2. The zero-order chi connectivity index (χ0) is 8.27. The summed E-state index contributed by atoms with van der Waals surface area (Å²) in [7, 11) is 0. The molecule has 0 heterocycles. The second kappa shape index (κ2) is 3.63. The Morgan fingerprint density at radius 3 is 2.73 bits per heavy atom. The van der Waals surface area contributed by atoms with Crippen molar-refractivity contribution in [1.82, 2.24) is 0 Å². The molecule has 11 heavy (non-hydrogen) atoms. The molecule has 0 fully saturated rings. The monoisotopic (exact) mass is 169 g/mol. The molecule has 1 aromatic rings. The lowest BCUT2D eigenvalue weighted by Gasteiger charge is -2.02. The van der Waals surface area contributed by atoms with E-state index >= 15 is 0 Å². The predicted octanol–water partition coefficient (Wildman–Crippen LogP) is 2.36. The first kappa shape index (κ1) is 8.41. The zero-order valence-corrected chi connectivity index (χ0v) is 7.36. The maximum Gasteiger partial charge on any atom is 0.0346 e. The van der Waals surface area contributed by atoms with Gasteiger partial charge in [-0.25, -0.2) is 0 Å². The number of benzene rings is 1. The highest BCUT2D eigenvalue weighted by Gasteiger charge is 1.95. The quantitative estimate of drug-likeness (QED) is 0.534. The summed E-state index contributed by atoms with van der Waals surface area (Å²) in [6, 6.07) is 6.07. The predicted molar refractivity (Wildman–Crippen MR) is 50.0 cm³/mol. The molecule has 0 aliphatic carbocycles. The minimum Gasteiger partial charge on any atom is -0.399 e. The van der Waals surface area contributed by atoms with E-state index < -0.39 is 0 Å². The Bertz CT molecular complexity index is 245. The normalized spacial score (nSPS) is 10.0. The average Bonchev–Trinajstić information content (AvgIpc) is 1.98.